The Hall–Kier alpha value is -5.70. The molecule has 4 aromatic carbocycles. The summed E-state index contributed by atoms with van der Waals surface area (Å²) >= 11 is 0. The summed E-state index contributed by atoms with van der Waals surface area (Å²) in [6.07, 6.45) is 0. The summed E-state index contributed by atoms with van der Waals surface area (Å²) in [6, 6.07) is 21.4. The van der Waals surface area contributed by atoms with Crippen LogP contribution in [-0.4, -0.2) is 188 Å². The molecule has 7 rings (SSSR count). The maximum Gasteiger partial charge on any atom is 0.163 e. The Balaban J connectivity index is 0.975. The molecule has 0 amide bonds. The number of aromatic hydroxyl groups is 4. The van der Waals surface area contributed by atoms with E-state index < -0.39 is 46.4 Å². The van der Waals surface area contributed by atoms with Crippen LogP contribution in [0.4, 0.5) is 11.4 Å². The summed E-state index contributed by atoms with van der Waals surface area (Å²) in [6.45, 7) is 10.3. The van der Waals surface area contributed by atoms with Gasteiger partial charge in [0, 0.05) is 112 Å². The number of phenolic OH excluding ortho intramolecular Hbond substituents is 4. The summed E-state index contributed by atoms with van der Waals surface area (Å²) in [7, 11) is 3.31. The molecule has 0 bridgehead atoms. The van der Waals surface area contributed by atoms with Crippen LogP contribution in [0.5, 0.6) is 34.5 Å². The van der Waals surface area contributed by atoms with Crippen molar-refractivity contribution in [3.8, 4) is 34.5 Å². The molecular formula is C52H68N4O14. The first-order valence-electron chi connectivity index (χ1n) is 24.0. The van der Waals surface area contributed by atoms with Crippen LogP contribution in [0.2, 0.25) is 0 Å². The van der Waals surface area contributed by atoms with Gasteiger partial charge in [-0.05, 0) is 12.1 Å². The van der Waals surface area contributed by atoms with Gasteiger partial charge < -0.3 is 68.1 Å². The zero-order valence-corrected chi connectivity index (χ0v) is 40.3. The van der Waals surface area contributed by atoms with Gasteiger partial charge in [0.1, 0.15) is 46.3 Å². The molecule has 0 aromatic heterocycles. The molecule has 3 fully saturated rings. The average molecular weight is 973 g/mol. The molecule has 0 atom stereocenters. The van der Waals surface area contributed by atoms with Crippen molar-refractivity contribution in [3.05, 3.63) is 95.1 Å². The number of carbonyl (C=O) groups is 2. The molecule has 1 aliphatic carbocycles. The fourth-order valence-corrected chi connectivity index (χ4v) is 9.01. The van der Waals surface area contributed by atoms with E-state index in [0.717, 1.165) is 22.6 Å². The summed E-state index contributed by atoms with van der Waals surface area (Å²) in [5.74, 6) is -4.54. The molecule has 2 saturated heterocycles. The molecule has 0 radical (unpaired) electrons. The Morgan fingerprint density at radius 2 is 0.729 bits per heavy atom. The molecule has 18 nitrogen and oxygen atoms in total. The van der Waals surface area contributed by atoms with Crippen LogP contribution in [0.15, 0.2) is 72.8 Å². The lowest BCUT2D eigenvalue weighted by atomic mass is 9.65. The van der Waals surface area contributed by atoms with Crippen LogP contribution < -0.4 is 19.3 Å². The number of hydrogen-bond acceptors (Lipinski definition) is 18. The van der Waals surface area contributed by atoms with Gasteiger partial charge in [-0.25, -0.2) is 0 Å². The number of rotatable bonds is 10. The van der Waals surface area contributed by atoms with Crippen molar-refractivity contribution in [1.29, 1.82) is 0 Å². The summed E-state index contributed by atoms with van der Waals surface area (Å²) in [5, 5.41) is 45.4. The van der Waals surface area contributed by atoms with Crippen LogP contribution in [-0.2, 0) is 51.1 Å². The second-order valence-electron chi connectivity index (χ2n) is 17.3. The first-order valence-corrected chi connectivity index (χ1v) is 24.0. The molecular weight excluding hydrogens is 905 g/mol. The van der Waals surface area contributed by atoms with E-state index >= 15 is 0 Å². The second-order valence-corrected chi connectivity index (χ2v) is 17.3. The predicted molar refractivity (Wildman–Crippen MR) is 261 cm³/mol. The highest BCUT2D eigenvalue weighted by Gasteiger charge is 2.54. The number of carbonyl (C=O) groups excluding carboxylic acids is 2. The molecule has 4 aromatic rings. The van der Waals surface area contributed by atoms with Gasteiger partial charge in [0.2, 0.25) is 0 Å². The number of nitrogens with zero attached hydrogens (tertiary/aromatic N) is 4. The molecule has 3 aliphatic rings. The van der Waals surface area contributed by atoms with E-state index in [4.69, 9.17) is 37.9 Å². The van der Waals surface area contributed by atoms with E-state index in [9.17, 15) is 30.0 Å². The molecule has 70 heavy (non-hydrogen) atoms. The third-order valence-electron chi connectivity index (χ3n) is 12.8. The van der Waals surface area contributed by atoms with E-state index in [1.807, 2.05) is 58.3 Å². The van der Waals surface area contributed by atoms with Gasteiger partial charge in [-0.1, -0.05) is 36.4 Å². The molecule has 380 valence electrons. The number of ketones is 2. The van der Waals surface area contributed by atoms with Gasteiger partial charge in [0.05, 0.1) is 105 Å². The Bertz CT molecular complexity index is 2100. The largest absolute Gasteiger partial charge is 0.507 e. The fourth-order valence-electron chi connectivity index (χ4n) is 9.01. The normalized spacial score (nSPS) is 20.9. The van der Waals surface area contributed by atoms with Crippen LogP contribution in [0.1, 0.15) is 34.1 Å². The minimum atomic E-state index is -1.51. The van der Waals surface area contributed by atoms with Crippen molar-refractivity contribution in [1.82, 2.24) is 9.80 Å². The number of anilines is 2. The number of para-hydroxylation sites is 2. The van der Waals surface area contributed by atoms with Crippen LogP contribution in [0.25, 0.3) is 0 Å². The fraction of sp³-hybridized carbons (Fsp3) is 0.500. The van der Waals surface area contributed by atoms with Crippen molar-refractivity contribution in [2.24, 2.45) is 0 Å². The lowest BCUT2D eigenvalue weighted by Gasteiger charge is -2.34. The number of Topliss-reactive ketones (excluding diaryl/α,β-unsaturated/α-hetero) is 2. The van der Waals surface area contributed by atoms with Crippen molar-refractivity contribution < 1.29 is 67.9 Å². The summed E-state index contributed by atoms with van der Waals surface area (Å²) in [4.78, 5) is 36.0. The van der Waals surface area contributed by atoms with Gasteiger partial charge in [-0.3, -0.25) is 19.4 Å². The quantitative estimate of drug-likeness (QED) is 0.164. The van der Waals surface area contributed by atoms with Crippen LogP contribution in [0, 0.1) is 0 Å². The summed E-state index contributed by atoms with van der Waals surface area (Å²) in [5.41, 5.74) is 2.51. The van der Waals surface area contributed by atoms with E-state index in [0.29, 0.717) is 156 Å². The van der Waals surface area contributed by atoms with Crippen LogP contribution >= 0.6 is 0 Å². The van der Waals surface area contributed by atoms with E-state index in [-0.39, 0.29) is 11.1 Å². The van der Waals surface area contributed by atoms with Crippen molar-refractivity contribution in [3.63, 3.8) is 0 Å². The van der Waals surface area contributed by atoms with Gasteiger partial charge in [-0.15, -0.1) is 0 Å². The zero-order chi connectivity index (χ0) is 49.2. The van der Waals surface area contributed by atoms with Crippen LogP contribution in [0.3, 0.4) is 0 Å². The first-order chi connectivity index (χ1) is 34.2. The smallest absolute Gasteiger partial charge is 0.163 e. The highest BCUT2D eigenvalue weighted by Crippen LogP contribution is 2.52. The predicted octanol–water partition coefficient (Wildman–Crippen LogP) is 4.29. The highest BCUT2D eigenvalue weighted by molar-refractivity contribution is 6.32. The maximum absolute atomic E-state index is 13.9. The lowest BCUT2D eigenvalue weighted by Crippen LogP contribution is -2.44. The third-order valence-corrected chi connectivity index (χ3v) is 12.8. The number of benzene rings is 4. The maximum atomic E-state index is 13.9. The van der Waals surface area contributed by atoms with Crippen molar-refractivity contribution in [2.45, 2.75) is 24.9 Å². The Labute approximate surface area is 409 Å². The van der Waals surface area contributed by atoms with Gasteiger partial charge in [-0.2, -0.15) is 0 Å². The molecule has 0 unspecified atom stereocenters. The van der Waals surface area contributed by atoms with E-state index in [1.165, 1.54) is 24.3 Å². The monoisotopic (exact) mass is 972 g/mol. The lowest BCUT2D eigenvalue weighted by molar-refractivity contribution is -0.142. The van der Waals surface area contributed by atoms with Gasteiger partial charge in [0.25, 0.3) is 0 Å². The number of hydrogen-bond donors (Lipinski definition) is 4. The Morgan fingerprint density at radius 3 is 1.04 bits per heavy atom. The Kier molecular flexibility index (Phi) is 19.7. The third kappa shape index (κ3) is 13.8. The molecule has 2 aliphatic heterocycles. The minimum Gasteiger partial charge on any atom is -0.507 e. The van der Waals surface area contributed by atoms with E-state index in [2.05, 4.69) is 9.80 Å². The standard InChI is InChI=1S/C52H68N4O14/c1-63-45-9-5-3-7-37(45)35-53-11-19-65-23-15-55(17-25-69-29-27-67-21-13-53)39-31-41(57)47(42(58)32-39)49-51(61)50(52(49)62)48-43(59)33-40(34-44(48)60)56-16-24-66-20-12-54(14-22-68-28-30-70-26-18-56)36-38-8-4-6-10-46(38)64-2/h3-10,31-34,49-50,57-60H,11-30,35-36H2,1-2H3. The second kappa shape index (κ2) is 26.5. The average Bonchev–Trinajstić information content (AvgIpc) is 3.37. The minimum absolute atomic E-state index is 0.237. The first kappa shape index (κ1) is 52.1. The topological polar surface area (TPSA) is 202 Å². The van der Waals surface area contributed by atoms with Crippen molar-refractivity contribution in [2.75, 3.05) is 156 Å². The molecule has 1 saturated carbocycles. The molecule has 18 heteroatoms. The molecule has 4 N–H and O–H groups in total. The number of ether oxygens (including phenoxy) is 8. The zero-order valence-electron chi connectivity index (χ0n) is 40.3. The summed E-state index contributed by atoms with van der Waals surface area (Å²) < 4.78 is 46.7. The number of phenols is 4. The SMILES string of the molecule is COc1ccccc1CN1CCOCCOCCN(c2cc(O)c(C3C(=O)C(c4c(O)cc(N5CCOCCOCCN(Cc6ccccc6OC)CCOCC5)cc4O)C3=O)c(O)c2)CCOCC1. The highest BCUT2D eigenvalue weighted by atomic mass is 16.5. The molecule has 2 heterocycles. The molecule has 0 spiro atoms. The number of methoxy groups -OCH3 is 2. The van der Waals surface area contributed by atoms with Crippen molar-refractivity contribution >= 4 is 22.9 Å². The Morgan fingerprint density at radius 1 is 0.443 bits per heavy atom. The van der Waals surface area contributed by atoms with Gasteiger partial charge in [0.15, 0.2) is 11.6 Å². The van der Waals surface area contributed by atoms with Gasteiger partial charge >= 0.3 is 0 Å². The van der Waals surface area contributed by atoms with E-state index in [1.54, 1.807) is 14.2 Å².